The van der Waals surface area contributed by atoms with Gasteiger partial charge in [-0.25, -0.2) is 4.68 Å². The molecule has 1 heterocycles. The summed E-state index contributed by atoms with van der Waals surface area (Å²) in [6, 6.07) is 42.7. The Bertz CT molecular complexity index is 2800. The lowest BCUT2D eigenvalue weighted by molar-refractivity contribution is -0.0645. The van der Waals surface area contributed by atoms with Gasteiger partial charge in [0.05, 0.1) is 58.3 Å². The van der Waals surface area contributed by atoms with Crippen molar-refractivity contribution in [2.24, 2.45) is 46.3 Å². The molecule has 3 fully saturated rings. The van der Waals surface area contributed by atoms with Crippen LogP contribution in [0.3, 0.4) is 0 Å². The van der Waals surface area contributed by atoms with Crippen molar-refractivity contribution in [3.8, 4) is 23.0 Å². The first-order chi connectivity index (χ1) is 38.9. The van der Waals surface area contributed by atoms with E-state index in [1.807, 2.05) is 41.1 Å². The Kier molecular flexibility index (Phi) is 18.6. The molecule has 8 atom stereocenters. The summed E-state index contributed by atoms with van der Waals surface area (Å²) in [4.78, 5) is 0. The van der Waals surface area contributed by atoms with Crippen molar-refractivity contribution < 1.29 is 23.7 Å². The van der Waals surface area contributed by atoms with Crippen LogP contribution in [-0.4, -0.2) is 55.6 Å². The number of unbranched alkanes of at least 4 members (excludes halogenated alkanes) is 1. The van der Waals surface area contributed by atoms with Gasteiger partial charge in [0.1, 0.15) is 23.0 Å². The second-order valence-electron chi connectivity index (χ2n) is 25.2. The van der Waals surface area contributed by atoms with E-state index in [0.29, 0.717) is 30.1 Å². The molecule has 0 aliphatic heterocycles. The molecule has 4 aliphatic carbocycles. The molecule has 9 heteroatoms. The van der Waals surface area contributed by atoms with Crippen LogP contribution in [0.25, 0.3) is 0 Å². The number of aryl methyl sites for hydroxylation is 1. The maximum Gasteiger partial charge on any atom is 0.119 e. The molecule has 80 heavy (non-hydrogen) atoms. The van der Waals surface area contributed by atoms with E-state index in [-0.39, 0.29) is 0 Å². The third kappa shape index (κ3) is 12.5. The largest absolute Gasteiger partial charge is 0.497 e. The molecule has 6 aromatic rings. The van der Waals surface area contributed by atoms with Crippen molar-refractivity contribution in [3.05, 3.63) is 178 Å². The number of nitrogens with zero attached hydrogens (tertiary/aromatic N) is 3. The van der Waals surface area contributed by atoms with E-state index in [1.54, 1.807) is 26.9 Å². The number of allylic oxidation sites excluding steroid dienone is 1. The summed E-state index contributed by atoms with van der Waals surface area (Å²) in [7, 11) is 5.11. The monoisotopic (exact) mass is 1080 g/mol. The van der Waals surface area contributed by atoms with Gasteiger partial charge in [0, 0.05) is 19.3 Å². The van der Waals surface area contributed by atoms with Crippen molar-refractivity contribution in [2.75, 3.05) is 34.5 Å². The Morgan fingerprint density at radius 2 is 1.20 bits per heavy atom. The zero-order valence-corrected chi connectivity index (χ0v) is 49.6. The molecule has 1 N–H and O–H groups in total. The number of nitrogens with one attached hydrogen (secondary N) is 1. The lowest BCUT2D eigenvalue weighted by Crippen LogP contribution is -2.51. The Morgan fingerprint density at radius 3 is 1.79 bits per heavy atom. The first-order valence-electron chi connectivity index (χ1n) is 30.6. The van der Waals surface area contributed by atoms with Crippen molar-refractivity contribution in [1.82, 2.24) is 20.3 Å². The number of benzene rings is 5. The second kappa shape index (κ2) is 25.9. The van der Waals surface area contributed by atoms with Crippen LogP contribution in [0.1, 0.15) is 157 Å². The lowest BCUT2D eigenvalue weighted by atomic mass is 9.47. The molecular weight excluding hydrogens is 989 g/mol. The number of ether oxygens (including phenoxy) is 5. The summed E-state index contributed by atoms with van der Waals surface area (Å²) in [6.45, 7) is 16.3. The van der Waals surface area contributed by atoms with Crippen LogP contribution in [0.2, 0.25) is 0 Å². The van der Waals surface area contributed by atoms with Crippen molar-refractivity contribution in [2.45, 2.75) is 156 Å². The fourth-order valence-electron chi connectivity index (χ4n) is 15.7. The Labute approximate surface area is 479 Å². The minimum Gasteiger partial charge on any atom is -0.497 e. The second-order valence-corrected chi connectivity index (χ2v) is 25.2. The number of fused-ring (bicyclic) bond motifs is 5. The van der Waals surface area contributed by atoms with Crippen LogP contribution in [0.15, 0.2) is 139 Å². The Hall–Kier alpha value is -5.90. The highest BCUT2D eigenvalue weighted by molar-refractivity contribution is 5.61. The average molecular weight is 1080 g/mol. The van der Waals surface area contributed by atoms with Gasteiger partial charge in [0.15, 0.2) is 0 Å². The number of aromatic nitrogens is 3. The highest BCUT2D eigenvalue weighted by Gasteiger charge is 2.59. The molecule has 5 aromatic carbocycles. The quantitative estimate of drug-likeness (QED) is 0.0326. The van der Waals surface area contributed by atoms with Gasteiger partial charge in [-0.3, -0.25) is 0 Å². The van der Waals surface area contributed by atoms with Crippen LogP contribution < -0.4 is 24.3 Å². The molecule has 4 aliphatic rings. The van der Waals surface area contributed by atoms with E-state index in [0.717, 1.165) is 132 Å². The molecule has 426 valence electrons. The maximum atomic E-state index is 6.60. The van der Waals surface area contributed by atoms with Gasteiger partial charge in [-0.05, 0) is 199 Å². The lowest BCUT2D eigenvalue weighted by Gasteiger charge is -2.58. The standard InChI is InChI=1S/C71H92N4O5/c1-50(2)12-11-13-51(3)66-37-38-67-65-36-27-58-46-64(39-41-69(58,4)68(65)40-42-70(66,67)5)80-45-43-75-49-59(73-74-75)14-9-10-44-79-63-28-17-53(18-29-63)48-72-47-52-15-19-54(20-16-52)71(55-21-30-60(76-6)31-22-55,56-23-32-61(77-7)33-24-56)57-25-34-62(78-8)35-26-57/h15-35,49-51,64-68,72H,9-14,36-48H2,1-8H3/t51-,64+,65+,66-,67+,68+,69+,70-/m1/s1. The van der Waals surface area contributed by atoms with E-state index in [9.17, 15) is 0 Å². The Balaban J connectivity index is 0.645. The van der Waals surface area contributed by atoms with Crippen LogP contribution in [-0.2, 0) is 36.2 Å². The van der Waals surface area contributed by atoms with Gasteiger partial charge < -0.3 is 29.0 Å². The normalized spacial score (nSPS) is 23.9. The highest BCUT2D eigenvalue weighted by Crippen LogP contribution is 2.67. The zero-order valence-electron chi connectivity index (χ0n) is 49.6. The van der Waals surface area contributed by atoms with E-state index in [2.05, 4.69) is 147 Å². The minimum absolute atomic E-state index is 0.312. The number of hydrogen-bond acceptors (Lipinski definition) is 8. The molecule has 0 radical (unpaired) electrons. The van der Waals surface area contributed by atoms with E-state index in [1.165, 1.54) is 75.3 Å². The van der Waals surface area contributed by atoms with Crippen molar-refractivity contribution >= 4 is 0 Å². The van der Waals surface area contributed by atoms with Crippen molar-refractivity contribution in [3.63, 3.8) is 0 Å². The third-order valence-corrected chi connectivity index (χ3v) is 20.2. The smallest absolute Gasteiger partial charge is 0.119 e. The molecule has 3 saturated carbocycles. The predicted molar refractivity (Wildman–Crippen MR) is 323 cm³/mol. The van der Waals surface area contributed by atoms with Gasteiger partial charge in [-0.2, -0.15) is 0 Å². The average Bonchev–Trinajstić information content (AvgIpc) is 4.27. The zero-order chi connectivity index (χ0) is 55.7. The summed E-state index contributed by atoms with van der Waals surface area (Å²) in [5.41, 5.74) is 9.97. The SMILES string of the molecule is COc1ccc(C(c2ccc(CNCc3ccc(OCCCCc4cn(CCO[C@H]5CC[C@@]6(C)C(=CC[C@H]7[C@@H]8CC[C@H]([C@H](C)CCCC(C)C)[C@@]8(C)CC[C@@H]76)C5)nn4)cc3)cc2)(c2ccc(OC)cc2)c2ccc(OC)cc2)cc1. The Morgan fingerprint density at radius 1 is 0.625 bits per heavy atom. The van der Waals surface area contributed by atoms with E-state index in [4.69, 9.17) is 23.7 Å². The molecule has 10 rings (SSSR count). The molecular formula is C71H92N4O5. The summed E-state index contributed by atoms with van der Waals surface area (Å²) >= 11 is 0. The molecule has 0 spiro atoms. The predicted octanol–water partition coefficient (Wildman–Crippen LogP) is 15.8. The number of hydrogen-bond donors (Lipinski definition) is 1. The maximum absolute atomic E-state index is 6.60. The summed E-state index contributed by atoms with van der Waals surface area (Å²) in [6.07, 6.45) is 22.8. The summed E-state index contributed by atoms with van der Waals surface area (Å²) < 4.78 is 31.5. The molecule has 0 unspecified atom stereocenters. The molecule has 1 aromatic heterocycles. The van der Waals surface area contributed by atoms with Crippen molar-refractivity contribution in [1.29, 1.82) is 0 Å². The number of rotatable bonds is 26. The van der Waals surface area contributed by atoms with Gasteiger partial charge in [-0.15, -0.1) is 5.10 Å². The molecule has 0 saturated heterocycles. The third-order valence-electron chi connectivity index (χ3n) is 20.2. The van der Waals surface area contributed by atoms with Crippen LogP contribution >= 0.6 is 0 Å². The van der Waals surface area contributed by atoms with Gasteiger partial charge >= 0.3 is 0 Å². The fraction of sp³-hybridized carbons (Fsp3) is 0.521. The summed E-state index contributed by atoms with van der Waals surface area (Å²) in [5, 5.41) is 12.6. The first kappa shape index (κ1) is 57.3. The van der Waals surface area contributed by atoms with Crippen LogP contribution in [0.4, 0.5) is 0 Å². The van der Waals surface area contributed by atoms with Gasteiger partial charge in [-0.1, -0.05) is 144 Å². The fourth-order valence-corrected chi connectivity index (χ4v) is 15.7. The topological polar surface area (TPSA) is 88.9 Å². The number of methoxy groups -OCH3 is 3. The molecule has 0 amide bonds. The minimum atomic E-state index is -0.626. The highest BCUT2D eigenvalue weighted by atomic mass is 16.5. The van der Waals surface area contributed by atoms with Crippen LogP contribution in [0, 0.1) is 46.3 Å². The van der Waals surface area contributed by atoms with Crippen LogP contribution in [0.5, 0.6) is 23.0 Å². The summed E-state index contributed by atoms with van der Waals surface area (Å²) in [5.74, 6) is 8.58. The molecule has 0 bridgehead atoms. The van der Waals surface area contributed by atoms with Gasteiger partial charge in [0.2, 0.25) is 0 Å². The van der Waals surface area contributed by atoms with E-state index < -0.39 is 5.41 Å². The van der Waals surface area contributed by atoms with E-state index >= 15 is 0 Å². The first-order valence-corrected chi connectivity index (χ1v) is 30.6. The molecule has 9 nitrogen and oxygen atoms in total. The van der Waals surface area contributed by atoms with Gasteiger partial charge in [0.25, 0.3) is 0 Å².